The third-order valence-corrected chi connectivity index (χ3v) is 5.37. The summed E-state index contributed by atoms with van der Waals surface area (Å²) < 4.78 is 20.9. The summed E-state index contributed by atoms with van der Waals surface area (Å²) in [6, 6.07) is 8.99. The lowest BCUT2D eigenvalue weighted by molar-refractivity contribution is 0.0170. The first-order valence-corrected chi connectivity index (χ1v) is 10.6. The van der Waals surface area contributed by atoms with Gasteiger partial charge in [0.15, 0.2) is 5.96 Å². The molecule has 2 N–H and O–H groups in total. The molecule has 0 saturated carbocycles. The molecule has 1 unspecified atom stereocenters. The number of benzene rings is 1. The van der Waals surface area contributed by atoms with E-state index in [0.29, 0.717) is 6.54 Å². The Morgan fingerprint density at radius 1 is 1.20 bits per heavy atom. The van der Waals surface area contributed by atoms with Crippen LogP contribution in [0.4, 0.5) is 4.39 Å². The minimum atomic E-state index is -0.215. The van der Waals surface area contributed by atoms with Crippen LogP contribution in [-0.2, 0) is 11.3 Å². The van der Waals surface area contributed by atoms with Crippen LogP contribution in [0.25, 0.3) is 0 Å². The first-order chi connectivity index (χ1) is 14.6. The lowest BCUT2D eigenvalue weighted by atomic mass is 10.0. The largest absolute Gasteiger partial charge is 0.379 e. The van der Waals surface area contributed by atoms with Crippen molar-refractivity contribution in [3.63, 3.8) is 0 Å². The number of aryl methyl sites for hydroxylation is 3. The Kier molecular flexibility index (Phi) is 8.21. The van der Waals surface area contributed by atoms with Crippen LogP contribution in [0, 0.1) is 19.7 Å². The van der Waals surface area contributed by atoms with Crippen LogP contribution in [0.1, 0.15) is 29.4 Å². The molecule has 1 aromatic carbocycles. The van der Waals surface area contributed by atoms with E-state index in [1.54, 1.807) is 7.05 Å². The molecule has 1 fully saturated rings. The number of halogens is 1. The number of aliphatic imine (C=N–C) groups is 1. The van der Waals surface area contributed by atoms with Gasteiger partial charge in [-0.15, -0.1) is 0 Å². The predicted octanol–water partition coefficient (Wildman–Crippen LogP) is 2.27. The lowest BCUT2D eigenvalue weighted by Crippen LogP contribution is -2.46. The van der Waals surface area contributed by atoms with Gasteiger partial charge < -0.3 is 15.4 Å². The molecule has 164 valence electrons. The number of aromatic nitrogens is 2. The molecule has 7 nitrogen and oxygen atoms in total. The maximum atomic E-state index is 13.4. The number of nitrogens with zero attached hydrogens (tertiary/aromatic N) is 4. The zero-order valence-corrected chi connectivity index (χ0v) is 18.2. The maximum absolute atomic E-state index is 13.4. The number of morpholine rings is 1. The molecular weight excluding hydrogens is 383 g/mol. The molecule has 1 saturated heterocycles. The number of rotatable bonds is 8. The molecule has 30 heavy (non-hydrogen) atoms. The average Bonchev–Trinajstić information content (AvgIpc) is 3.08. The second-order valence-corrected chi connectivity index (χ2v) is 7.60. The third-order valence-electron chi connectivity index (χ3n) is 5.37. The minimum Gasteiger partial charge on any atom is -0.379 e. The Morgan fingerprint density at radius 3 is 2.57 bits per heavy atom. The molecule has 0 amide bonds. The van der Waals surface area contributed by atoms with E-state index >= 15 is 0 Å². The van der Waals surface area contributed by atoms with Crippen molar-refractivity contribution in [1.29, 1.82) is 0 Å². The van der Waals surface area contributed by atoms with E-state index in [2.05, 4.69) is 38.6 Å². The fourth-order valence-electron chi connectivity index (χ4n) is 3.78. The number of guanidine groups is 1. The van der Waals surface area contributed by atoms with E-state index in [1.807, 2.05) is 23.7 Å². The molecule has 1 atom stereocenters. The molecule has 0 radical (unpaired) electrons. The van der Waals surface area contributed by atoms with E-state index in [0.717, 1.165) is 63.0 Å². The van der Waals surface area contributed by atoms with Gasteiger partial charge in [-0.1, -0.05) is 12.1 Å². The van der Waals surface area contributed by atoms with Gasteiger partial charge in [-0.2, -0.15) is 5.10 Å². The summed E-state index contributed by atoms with van der Waals surface area (Å²) in [5, 5.41) is 11.3. The zero-order valence-electron chi connectivity index (χ0n) is 18.2. The first kappa shape index (κ1) is 22.2. The van der Waals surface area contributed by atoms with Crippen LogP contribution in [0.15, 0.2) is 35.3 Å². The van der Waals surface area contributed by atoms with Crippen molar-refractivity contribution in [2.75, 3.05) is 46.4 Å². The SMILES string of the molecule is CN=C(NCCCn1nc(C)cc1C)NCC(c1ccc(F)cc1)N1CCOCC1. The molecule has 8 heteroatoms. The second kappa shape index (κ2) is 11.1. The topological polar surface area (TPSA) is 66.7 Å². The molecular formula is C22H33FN6O. The molecule has 0 spiro atoms. The molecule has 2 aromatic rings. The normalized spacial score (nSPS) is 16.5. The molecule has 2 heterocycles. The van der Waals surface area contributed by atoms with Crippen LogP contribution in [0.2, 0.25) is 0 Å². The molecule has 1 aliphatic rings. The summed E-state index contributed by atoms with van der Waals surface area (Å²) in [7, 11) is 1.78. The van der Waals surface area contributed by atoms with E-state index in [1.165, 1.54) is 17.8 Å². The van der Waals surface area contributed by atoms with Crippen molar-refractivity contribution in [3.8, 4) is 0 Å². The Bertz CT molecular complexity index is 814. The summed E-state index contributed by atoms with van der Waals surface area (Å²) in [6.45, 7) is 9.61. The molecule has 1 aliphatic heterocycles. The summed E-state index contributed by atoms with van der Waals surface area (Å²) in [6.07, 6.45) is 0.952. The van der Waals surface area contributed by atoms with Gasteiger partial charge in [0.2, 0.25) is 0 Å². The number of hydrogen-bond donors (Lipinski definition) is 2. The smallest absolute Gasteiger partial charge is 0.191 e. The van der Waals surface area contributed by atoms with E-state index in [4.69, 9.17) is 4.74 Å². The fourth-order valence-corrected chi connectivity index (χ4v) is 3.78. The highest BCUT2D eigenvalue weighted by Gasteiger charge is 2.23. The number of nitrogens with one attached hydrogen (secondary N) is 2. The van der Waals surface area contributed by atoms with Crippen molar-refractivity contribution in [2.24, 2.45) is 4.99 Å². The van der Waals surface area contributed by atoms with E-state index in [-0.39, 0.29) is 11.9 Å². The molecule has 1 aromatic heterocycles. The van der Waals surface area contributed by atoms with Crippen LogP contribution < -0.4 is 10.6 Å². The van der Waals surface area contributed by atoms with Gasteiger partial charge in [-0.25, -0.2) is 4.39 Å². The summed E-state index contributed by atoms with van der Waals surface area (Å²) in [5.41, 5.74) is 3.32. The highest BCUT2D eigenvalue weighted by molar-refractivity contribution is 5.79. The van der Waals surface area contributed by atoms with Crippen LogP contribution in [0.3, 0.4) is 0 Å². The van der Waals surface area contributed by atoms with Crippen molar-refractivity contribution >= 4 is 5.96 Å². The van der Waals surface area contributed by atoms with Crippen LogP contribution in [0.5, 0.6) is 0 Å². The van der Waals surface area contributed by atoms with Gasteiger partial charge in [0.25, 0.3) is 0 Å². The summed E-state index contributed by atoms with van der Waals surface area (Å²) in [4.78, 5) is 6.72. The van der Waals surface area contributed by atoms with Crippen LogP contribution >= 0.6 is 0 Å². The monoisotopic (exact) mass is 416 g/mol. The minimum absolute atomic E-state index is 0.128. The number of ether oxygens (including phenoxy) is 1. The van der Waals surface area contributed by atoms with Crippen molar-refractivity contribution in [2.45, 2.75) is 32.9 Å². The van der Waals surface area contributed by atoms with Crippen LogP contribution in [-0.4, -0.2) is 67.1 Å². The molecule has 0 aliphatic carbocycles. The van der Waals surface area contributed by atoms with Gasteiger partial charge in [-0.3, -0.25) is 14.6 Å². The lowest BCUT2D eigenvalue weighted by Gasteiger charge is -2.35. The molecule has 0 bridgehead atoms. The average molecular weight is 417 g/mol. The van der Waals surface area contributed by atoms with Crippen molar-refractivity contribution in [3.05, 3.63) is 53.1 Å². The predicted molar refractivity (Wildman–Crippen MR) is 117 cm³/mol. The summed E-state index contributed by atoms with van der Waals surface area (Å²) in [5.74, 6) is 0.552. The third kappa shape index (κ3) is 6.27. The summed E-state index contributed by atoms with van der Waals surface area (Å²) >= 11 is 0. The highest BCUT2D eigenvalue weighted by atomic mass is 19.1. The van der Waals surface area contributed by atoms with Crippen molar-refractivity contribution < 1.29 is 9.13 Å². The second-order valence-electron chi connectivity index (χ2n) is 7.60. The maximum Gasteiger partial charge on any atom is 0.191 e. The van der Waals surface area contributed by atoms with Gasteiger partial charge in [0.05, 0.1) is 24.9 Å². The van der Waals surface area contributed by atoms with E-state index < -0.39 is 0 Å². The van der Waals surface area contributed by atoms with Gasteiger partial charge in [0.1, 0.15) is 5.82 Å². The highest BCUT2D eigenvalue weighted by Crippen LogP contribution is 2.21. The molecule has 3 rings (SSSR count). The van der Waals surface area contributed by atoms with Gasteiger partial charge in [0, 0.05) is 45.5 Å². The Morgan fingerprint density at radius 2 is 1.93 bits per heavy atom. The standard InChI is InChI=1S/C22H33FN6O/c1-17-15-18(2)29(27-17)10-4-9-25-22(24-3)26-16-21(28-11-13-30-14-12-28)19-5-7-20(23)8-6-19/h5-8,15,21H,4,9-14,16H2,1-3H3,(H2,24,25,26). The fraction of sp³-hybridized carbons (Fsp3) is 0.545. The van der Waals surface area contributed by atoms with Gasteiger partial charge in [-0.05, 0) is 44.0 Å². The van der Waals surface area contributed by atoms with Crippen molar-refractivity contribution in [1.82, 2.24) is 25.3 Å². The Labute approximate surface area is 178 Å². The zero-order chi connectivity index (χ0) is 21.3. The first-order valence-electron chi connectivity index (χ1n) is 10.6. The quantitative estimate of drug-likeness (QED) is 0.393. The Balaban J connectivity index is 1.52. The van der Waals surface area contributed by atoms with Gasteiger partial charge >= 0.3 is 0 Å². The van der Waals surface area contributed by atoms with E-state index in [9.17, 15) is 4.39 Å². The Hall–Kier alpha value is -2.45. The number of hydrogen-bond acceptors (Lipinski definition) is 4.